The zero-order valence-electron chi connectivity index (χ0n) is 8.16. The fraction of sp³-hybridized carbons (Fsp3) is 0.556. The highest BCUT2D eigenvalue weighted by atomic mass is 79.9. The van der Waals surface area contributed by atoms with Gasteiger partial charge in [0.25, 0.3) is 0 Å². The smallest absolute Gasteiger partial charge is 0.225 e. The summed E-state index contributed by atoms with van der Waals surface area (Å²) in [7, 11) is 1.80. The maximum absolute atomic E-state index is 11.4. The molecule has 0 aromatic carbocycles. The van der Waals surface area contributed by atoms with Crippen LogP contribution in [0.2, 0.25) is 0 Å². The normalized spacial score (nSPS) is 10.1. The van der Waals surface area contributed by atoms with E-state index in [0.29, 0.717) is 6.42 Å². The van der Waals surface area contributed by atoms with Crippen molar-refractivity contribution in [2.75, 3.05) is 10.6 Å². The van der Waals surface area contributed by atoms with E-state index in [1.807, 2.05) is 0 Å². The predicted molar refractivity (Wildman–Crippen MR) is 59.5 cm³/mol. The summed E-state index contributed by atoms with van der Waals surface area (Å²) in [5.41, 5.74) is 0. The number of rotatable bonds is 5. The third-order valence-corrected chi connectivity index (χ3v) is 2.44. The lowest BCUT2D eigenvalue weighted by Gasteiger charge is -2.04. The largest absolute Gasteiger partial charge is 0.311 e. The highest BCUT2D eigenvalue weighted by Gasteiger charge is 2.03. The van der Waals surface area contributed by atoms with E-state index >= 15 is 0 Å². The number of carbonyl (C=O) groups is 1. The van der Waals surface area contributed by atoms with Gasteiger partial charge in [0.2, 0.25) is 5.91 Å². The zero-order valence-corrected chi connectivity index (χ0v) is 9.75. The highest BCUT2D eigenvalue weighted by molar-refractivity contribution is 9.09. The van der Waals surface area contributed by atoms with E-state index < -0.39 is 0 Å². The first-order valence-electron chi connectivity index (χ1n) is 4.58. The molecule has 0 atom stereocenters. The molecule has 1 amide bonds. The zero-order chi connectivity index (χ0) is 10.4. The van der Waals surface area contributed by atoms with Gasteiger partial charge >= 0.3 is 0 Å². The second-order valence-corrected chi connectivity index (χ2v) is 3.83. The van der Waals surface area contributed by atoms with Crippen molar-refractivity contribution in [2.24, 2.45) is 7.05 Å². The number of hydrogen-bond acceptors (Lipinski definition) is 2. The number of alkyl halides is 1. The van der Waals surface area contributed by atoms with Gasteiger partial charge in [-0.25, -0.2) is 0 Å². The van der Waals surface area contributed by atoms with Gasteiger partial charge < -0.3 is 5.32 Å². The van der Waals surface area contributed by atoms with Crippen molar-refractivity contribution < 1.29 is 4.79 Å². The van der Waals surface area contributed by atoms with Gasteiger partial charge in [-0.3, -0.25) is 9.48 Å². The third-order valence-electron chi connectivity index (χ3n) is 1.88. The average molecular weight is 260 g/mol. The molecule has 14 heavy (non-hydrogen) atoms. The Morgan fingerprint density at radius 2 is 2.43 bits per heavy atom. The van der Waals surface area contributed by atoms with Crippen LogP contribution in [0.3, 0.4) is 0 Å². The number of amides is 1. The van der Waals surface area contributed by atoms with Crippen LogP contribution in [0.1, 0.15) is 19.3 Å². The molecule has 5 heteroatoms. The van der Waals surface area contributed by atoms with Gasteiger partial charge in [-0.2, -0.15) is 5.10 Å². The van der Waals surface area contributed by atoms with Crippen LogP contribution in [0.25, 0.3) is 0 Å². The first-order chi connectivity index (χ1) is 6.74. The minimum absolute atomic E-state index is 0.0505. The molecule has 0 spiro atoms. The first kappa shape index (κ1) is 11.2. The molecule has 1 heterocycles. The molecule has 0 unspecified atom stereocenters. The summed E-state index contributed by atoms with van der Waals surface area (Å²) < 4.78 is 1.64. The summed E-state index contributed by atoms with van der Waals surface area (Å²) in [6.07, 6.45) is 4.17. The standard InChI is InChI=1S/C9H14BrN3O/c1-13-8(5-7-11-13)12-9(14)4-2-3-6-10/h5,7H,2-4,6H2,1H3,(H,12,14). The lowest BCUT2D eigenvalue weighted by molar-refractivity contribution is -0.116. The van der Waals surface area contributed by atoms with Crippen LogP contribution in [0, 0.1) is 0 Å². The molecule has 0 saturated carbocycles. The minimum atomic E-state index is 0.0505. The second kappa shape index (κ2) is 5.80. The molecular weight excluding hydrogens is 246 g/mol. The molecule has 0 aliphatic rings. The Hall–Kier alpha value is -0.840. The quantitative estimate of drug-likeness (QED) is 0.649. The van der Waals surface area contributed by atoms with Crippen LogP contribution < -0.4 is 5.32 Å². The van der Waals surface area contributed by atoms with Gasteiger partial charge in [-0.15, -0.1) is 0 Å². The van der Waals surface area contributed by atoms with Gasteiger partial charge in [-0.05, 0) is 12.8 Å². The highest BCUT2D eigenvalue weighted by Crippen LogP contribution is 2.05. The number of hydrogen-bond donors (Lipinski definition) is 1. The summed E-state index contributed by atoms with van der Waals surface area (Å²) in [5, 5.41) is 7.71. The molecule has 78 valence electrons. The lowest BCUT2D eigenvalue weighted by Crippen LogP contribution is -2.13. The van der Waals surface area contributed by atoms with Crippen molar-refractivity contribution in [3.05, 3.63) is 12.3 Å². The molecule has 1 rings (SSSR count). The maximum Gasteiger partial charge on any atom is 0.225 e. The Morgan fingerprint density at radius 3 is 3.00 bits per heavy atom. The first-order valence-corrected chi connectivity index (χ1v) is 5.70. The maximum atomic E-state index is 11.4. The number of nitrogens with zero attached hydrogens (tertiary/aromatic N) is 2. The lowest BCUT2D eigenvalue weighted by atomic mass is 10.2. The fourth-order valence-electron chi connectivity index (χ4n) is 1.08. The van der Waals surface area contributed by atoms with E-state index in [9.17, 15) is 4.79 Å². The minimum Gasteiger partial charge on any atom is -0.311 e. The van der Waals surface area contributed by atoms with E-state index in [1.54, 1.807) is 24.0 Å². The van der Waals surface area contributed by atoms with Crippen LogP contribution in [0.4, 0.5) is 5.82 Å². The SMILES string of the molecule is Cn1nccc1NC(=O)CCCCBr. The molecule has 4 nitrogen and oxygen atoms in total. The van der Waals surface area contributed by atoms with Crippen molar-refractivity contribution in [1.82, 2.24) is 9.78 Å². The van der Waals surface area contributed by atoms with Gasteiger partial charge in [0.15, 0.2) is 0 Å². The molecule has 0 saturated heterocycles. The third kappa shape index (κ3) is 3.49. The Kier molecular flexibility index (Phi) is 4.65. The molecule has 0 fully saturated rings. The van der Waals surface area contributed by atoms with Gasteiger partial charge in [0, 0.05) is 24.9 Å². The molecular formula is C9H14BrN3O. The summed E-state index contributed by atoms with van der Waals surface area (Å²) in [6, 6.07) is 1.78. The summed E-state index contributed by atoms with van der Waals surface area (Å²) in [6.45, 7) is 0. The van der Waals surface area contributed by atoms with Gasteiger partial charge in [-0.1, -0.05) is 15.9 Å². The van der Waals surface area contributed by atoms with Gasteiger partial charge in [0.05, 0.1) is 6.20 Å². The van der Waals surface area contributed by atoms with Crippen LogP contribution >= 0.6 is 15.9 Å². The Bertz CT molecular complexity index is 298. The van der Waals surface area contributed by atoms with Crippen LogP contribution in [0.15, 0.2) is 12.3 Å². The van der Waals surface area contributed by atoms with Crippen LogP contribution in [-0.4, -0.2) is 21.0 Å². The summed E-state index contributed by atoms with van der Waals surface area (Å²) in [5.74, 6) is 0.795. The molecule has 0 radical (unpaired) electrons. The van der Waals surface area contributed by atoms with E-state index in [4.69, 9.17) is 0 Å². The van der Waals surface area contributed by atoms with Crippen molar-refractivity contribution in [3.63, 3.8) is 0 Å². The molecule has 1 N–H and O–H groups in total. The van der Waals surface area contributed by atoms with E-state index in [0.717, 1.165) is 24.0 Å². The van der Waals surface area contributed by atoms with Crippen LogP contribution in [-0.2, 0) is 11.8 Å². The van der Waals surface area contributed by atoms with Gasteiger partial charge in [0.1, 0.15) is 5.82 Å². The molecule has 0 aliphatic heterocycles. The number of nitrogens with one attached hydrogen (secondary N) is 1. The molecule has 0 bridgehead atoms. The van der Waals surface area contributed by atoms with E-state index in [1.165, 1.54) is 0 Å². The topological polar surface area (TPSA) is 46.9 Å². The second-order valence-electron chi connectivity index (χ2n) is 3.03. The predicted octanol–water partition coefficient (Wildman–Crippen LogP) is 1.92. The Morgan fingerprint density at radius 1 is 1.64 bits per heavy atom. The number of anilines is 1. The molecule has 1 aromatic rings. The molecule has 0 aliphatic carbocycles. The number of carbonyl (C=O) groups excluding carboxylic acids is 1. The van der Waals surface area contributed by atoms with Crippen LogP contribution in [0.5, 0.6) is 0 Å². The number of aryl methyl sites for hydroxylation is 1. The number of halogens is 1. The van der Waals surface area contributed by atoms with Crippen molar-refractivity contribution >= 4 is 27.7 Å². The van der Waals surface area contributed by atoms with E-state index in [2.05, 4.69) is 26.3 Å². The Labute approximate surface area is 91.8 Å². The Balaban J connectivity index is 2.31. The van der Waals surface area contributed by atoms with Crippen molar-refractivity contribution in [3.8, 4) is 0 Å². The van der Waals surface area contributed by atoms with Crippen molar-refractivity contribution in [2.45, 2.75) is 19.3 Å². The van der Waals surface area contributed by atoms with Crippen molar-refractivity contribution in [1.29, 1.82) is 0 Å². The van der Waals surface area contributed by atoms with E-state index in [-0.39, 0.29) is 5.91 Å². The molecule has 1 aromatic heterocycles. The number of aromatic nitrogens is 2. The monoisotopic (exact) mass is 259 g/mol. The fourth-order valence-corrected chi connectivity index (χ4v) is 1.48. The summed E-state index contributed by atoms with van der Waals surface area (Å²) >= 11 is 3.33. The number of unbranched alkanes of at least 4 members (excludes halogenated alkanes) is 1. The summed E-state index contributed by atoms with van der Waals surface area (Å²) in [4.78, 5) is 11.4. The average Bonchev–Trinajstić information content (AvgIpc) is 2.52.